The molecule has 3 aromatic rings. The van der Waals surface area contributed by atoms with E-state index in [1.54, 1.807) is 12.3 Å². The average Bonchev–Trinajstić information content (AvgIpc) is 3.43. The molecule has 2 aromatic heterocycles. The van der Waals surface area contributed by atoms with Gasteiger partial charge < -0.3 is 14.9 Å². The zero-order valence-electron chi connectivity index (χ0n) is 15.6. The number of carboxylic acid groups (broad SMARTS) is 1. The first-order valence-electron chi connectivity index (χ1n) is 9.37. The van der Waals surface area contributed by atoms with Crippen molar-refractivity contribution in [1.82, 2.24) is 25.2 Å². The first-order valence-corrected chi connectivity index (χ1v) is 10.6. The van der Waals surface area contributed by atoms with Gasteiger partial charge in [-0.05, 0) is 23.4 Å². The summed E-state index contributed by atoms with van der Waals surface area (Å²) in [4.78, 5) is 21.6. The zero-order valence-corrected chi connectivity index (χ0v) is 17.2. The van der Waals surface area contributed by atoms with Gasteiger partial charge in [0.05, 0.1) is 21.8 Å². The van der Waals surface area contributed by atoms with Gasteiger partial charge in [0.15, 0.2) is 11.7 Å². The normalized spacial score (nSPS) is 20.7. The van der Waals surface area contributed by atoms with Gasteiger partial charge in [-0.3, -0.25) is 4.79 Å². The van der Waals surface area contributed by atoms with Crippen molar-refractivity contribution in [2.24, 2.45) is 11.8 Å². The van der Waals surface area contributed by atoms with Crippen LogP contribution in [-0.4, -0.2) is 62.4 Å². The van der Waals surface area contributed by atoms with E-state index in [0.717, 1.165) is 46.7 Å². The highest BCUT2D eigenvalue weighted by molar-refractivity contribution is 7.18. The second-order valence-corrected chi connectivity index (χ2v) is 8.89. The number of aromatic nitrogens is 5. The summed E-state index contributed by atoms with van der Waals surface area (Å²) in [6.45, 7) is 3.17. The van der Waals surface area contributed by atoms with E-state index in [1.165, 1.54) is 23.5 Å². The lowest BCUT2D eigenvalue weighted by Gasteiger charge is -2.23. The zero-order chi connectivity index (χ0) is 20.8. The number of halogens is 2. The Labute approximate surface area is 179 Å². The molecule has 0 amide bonds. The molecule has 2 atom stereocenters. The first kappa shape index (κ1) is 19.2. The van der Waals surface area contributed by atoms with Crippen LogP contribution in [0, 0.1) is 17.7 Å². The fourth-order valence-electron chi connectivity index (χ4n) is 4.13. The summed E-state index contributed by atoms with van der Waals surface area (Å²) in [7, 11) is 0. The van der Waals surface area contributed by atoms with E-state index in [9.17, 15) is 9.18 Å². The van der Waals surface area contributed by atoms with Crippen LogP contribution in [0.15, 0.2) is 24.4 Å². The molecule has 1 aromatic carbocycles. The van der Waals surface area contributed by atoms with Gasteiger partial charge in [0.1, 0.15) is 5.82 Å². The summed E-state index contributed by atoms with van der Waals surface area (Å²) in [6.07, 6.45) is 1.70. The van der Waals surface area contributed by atoms with Gasteiger partial charge in [0.25, 0.3) is 0 Å². The number of hydrogen-bond acceptors (Lipinski definition) is 8. The molecule has 156 valence electrons. The summed E-state index contributed by atoms with van der Waals surface area (Å²) < 4.78 is 13.3. The van der Waals surface area contributed by atoms with E-state index in [-0.39, 0.29) is 12.4 Å². The van der Waals surface area contributed by atoms with Gasteiger partial charge in [-0.2, -0.15) is 4.80 Å². The molecule has 2 unspecified atom stereocenters. The standard InChI is InChI=1S/C18H17ClFN7O2S/c19-13-3-12(20)1-2-14(13)25-5-10-7-26(8-11(10)6-25)18-21-4-15(30-18)17-22-24-27(23-17)9-16(28)29/h1-4,10-11H,5-9H2,(H,28,29). The molecule has 2 aliphatic heterocycles. The van der Waals surface area contributed by atoms with Gasteiger partial charge in [-0.25, -0.2) is 9.37 Å². The molecule has 0 saturated carbocycles. The van der Waals surface area contributed by atoms with Crippen molar-refractivity contribution in [3.05, 3.63) is 35.2 Å². The average molecular weight is 450 g/mol. The molecule has 5 rings (SSSR count). The Hall–Kier alpha value is -2.79. The predicted molar refractivity (Wildman–Crippen MR) is 109 cm³/mol. The highest BCUT2D eigenvalue weighted by Gasteiger charge is 2.41. The molecule has 2 aliphatic rings. The Bertz CT molecular complexity index is 1090. The van der Waals surface area contributed by atoms with E-state index >= 15 is 0 Å². The number of benzene rings is 1. The van der Waals surface area contributed by atoms with Crippen LogP contribution in [0.4, 0.5) is 15.2 Å². The van der Waals surface area contributed by atoms with Crippen LogP contribution in [0.25, 0.3) is 10.7 Å². The van der Waals surface area contributed by atoms with Crippen LogP contribution in [0.1, 0.15) is 0 Å². The van der Waals surface area contributed by atoms with E-state index in [2.05, 4.69) is 30.2 Å². The highest BCUT2D eigenvalue weighted by atomic mass is 35.5. The summed E-state index contributed by atoms with van der Waals surface area (Å²) in [5.74, 6) is -0.0208. The molecule has 9 nitrogen and oxygen atoms in total. The van der Waals surface area contributed by atoms with Crippen molar-refractivity contribution < 1.29 is 14.3 Å². The number of tetrazole rings is 1. The topological polar surface area (TPSA) is 100 Å². The van der Waals surface area contributed by atoms with Crippen LogP contribution in [-0.2, 0) is 11.3 Å². The molecule has 30 heavy (non-hydrogen) atoms. The van der Waals surface area contributed by atoms with Gasteiger partial charge in [-0.15, -0.1) is 10.2 Å². The van der Waals surface area contributed by atoms with Crippen molar-refractivity contribution in [3.8, 4) is 10.7 Å². The molecule has 0 radical (unpaired) electrons. The van der Waals surface area contributed by atoms with Crippen LogP contribution in [0.5, 0.6) is 0 Å². The fraction of sp³-hybridized carbons (Fsp3) is 0.389. The fourth-order valence-corrected chi connectivity index (χ4v) is 5.27. The largest absolute Gasteiger partial charge is 0.480 e. The number of thiazole rings is 1. The molecule has 2 saturated heterocycles. The Morgan fingerprint density at radius 2 is 1.97 bits per heavy atom. The third-order valence-electron chi connectivity index (χ3n) is 5.45. The number of fused-ring (bicyclic) bond motifs is 1. The van der Waals surface area contributed by atoms with Crippen LogP contribution in [0.2, 0.25) is 5.02 Å². The molecular formula is C18H17ClFN7O2S. The first-order chi connectivity index (χ1) is 14.5. The van der Waals surface area contributed by atoms with Crippen LogP contribution >= 0.6 is 22.9 Å². The lowest BCUT2D eigenvalue weighted by molar-refractivity contribution is -0.138. The predicted octanol–water partition coefficient (Wildman–Crippen LogP) is 2.25. The third-order valence-corrected chi connectivity index (χ3v) is 6.81. The summed E-state index contributed by atoms with van der Waals surface area (Å²) in [6, 6.07) is 4.54. The molecule has 4 heterocycles. The van der Waals surface area contributed by atoms with Crippen molar-refractivity contribution in [2.75, 3.05) is 36.0 Å². The SMILES string of the molecule is O=C(O)Cn1nnc(-c2cnc(N3CC4CN(c5ccc(F)cc5Cl)CC4C3)s2)n1. The van der Waals surface area contributed by atoms with Gasteiger partial charge in [0, 0.05) is 38.0 Å². The summed E-state index contributed by atoms with van der Waals surface area (Å²) in [5.41, 5.74) is 0.881. The minimum absolute atomic E-state index is 0.327. The lowest BCUT2D eigenvalue weighted by Crippen LogP contribution is -2.28. The number of rotatable bonds is 5. The number of hydrogen-bond donors (Lipinski definition) is 1. The minimum Gasteiger partial charge on any atom is -0.480 e. The number of carboxylic acids is 1. The van der Waals surface area contributed by atoms with Crippen molar-refractivity contribution in [1.29, 1.82) is 0 Å². The monoisotopic (exact) mass is 449 g/mol. The molecular weight excluding hydrogens is 433 g/mol. The quantitative estimate of drug-likeness (QED) is 0.633. The van der Waals surface area contributed by atoms with E-state index in [4.69, 9.17) is 16.7 Å². The maximum absolute atomic E-state index is 13.3. The number of aliphatic carboxylic acids is 1. The molecule has 0 aliphatic carbocycles. The summed E-state index contributed by atoms with van der Waals surface area (Å²) >= 11 is 7.70. The molecule has 0 bridgehead atoms. The third kappa shape index (κ3) is 3.58. The van der Waals surface area contributed by atoms with Crippen LogP contribution < -0.4 is 9.80 Å². The van der Waals surface area contributed by atoms with Crippen molar-refractivity contribution in [3.63, 3.8) is 0 Å². The minimum atomic E-state index is -1.02. The molecule has 0 spiro atoms. The van der Waals surface area contributed by atoms with Gasteiger partial charge in [0.2, 0.25) is 5.82 Å². The van der Waals surface area contributed by atoms with Gasteiger partial charge in [-0.1, -0.05) is 22.9 Å². The van der Waals surface area contributed by atoms with Gasteiger partial charge >= 0.3 is 5.97 Å². The second-order valence-electron chi connectivity index (χ2n) is 7.47. The van der Waals surface area contributed by atoms with Crippen molar-refractivity contribution in [2.45, 2.75) is 6.54 Å². The Kier molecular flexibility index (Phi) is 4.78. The second kappa shape index (κ2) is 7.47. The molecule has 2 fully saturated rings. The Morgan fingerprint density at radius 1 is 1.23 bits per heavy atom. The van der Waals surface area contributed by atoms with E-state index < -0.39 is 5.97 Å². The lowest BCUT2D eigenvalue weighted by atomic mass is 10.0. The molecule has 1 N–H and O–H groups in total. The number of carbonyl (C=O) groups is 1. The Balaban J connectivity index is 1.25. The smallest absolute Gasteiger partial charge is 0.327 e. The van der Waals surface area contributed by atoms with Crippen molar-refractivity contribution >= 4 is 39.7 Å². The Morgan fingerprint density at radius 3 is 2.67 bits per heavy atom. The molecule has 12 heteroatoms. The van der Waals surface area contributed by atoms with E-state index in [0.29, 0.717) is 22.7 Å². The van der Waals surface area contributed by atoms with Crippen LogP contribution in [0.3, 0.4) is 0 Å². The maximum atomic E-state index is 13.3. The maximum Gasteiger partial charge on any atom is 0.327 e. The summed E-state index contributed by atoms with van der Waals surface area (Å²) in [5, 5.41) is 21.9. The van der Waals surface area contributed by atoms with E-state index in [1.807, 2.05) is 0 Å². The highest BCUT2D eigenvalue weighted by Crippen LogP contribution is 2.40. The number of anilines is 2. The number of nitrogens with zero attached hydrogens (tertiary/aromatic N) is 7.